The third kappa shape index (κ3) is 6.36. The number of imidazole rings is 1. The zero-order valence-corrected chi connectivity index (χ0v) is 21.4. The fourth-order valence-corrected chi connectivity index (χ4v) is 4.76. The van der Waals surface area contributed by atoms with Crippen molar-refractivity contribution in [1.29, 1.82) is 5.26 Å². The van der Waals surface area contributed by atoms with Gasteiger partial charge in [0.1, 0.15) is 0 Å². The maximum absolute atomic E-state index is 12.9. The number of amides is 3. The van der Waals surface area contributed by atoms with E-state index < -0.39 is 5.91 Å². The van der Waals surface area contributed by atoms with E-state index in [4.69, 9.17) is 10.4 Å². The highest BCUT2D eigenvalue weighted by Crippen LogP contribution is 2.30. The van der Waals surface area contributed by atoms with E-state index in [1.54, 1.807) is 40.8 Å². The van der Waals surface area contributed by atoms with Crippen molar-refractivity contribution in [2.45, 2.75) is 45.1 Å². The van der Waals surface area contributed by atoms with E-state index in [9.17, 15) is 14.4 Å². The van der Waals surface area contributed by atoms with Crippen LogP contribution in [0.4, 0.5) is 11.6 Å². The van der Waals surface area contributed by atoms with Gasteiger partial charge in [-0.2, -0.15) is 5.26 Å². The molecule has 10 nitrogen and oxygen atoms in total. The van der Waals surface area contributed by atoms with Gasteiger partial charge in [0.25, 0.3) is 5.91 Å². The summed E-state index contributed by atoms with van der Waals surface area (Å²) in [6, 6.07) is 13.8. The fraction of sp³-hybridized carbons (Fsp3) is 0.393. The lowest BCUT2D eigenvalue weighted by atomic mass is 10.0. The zero-order valence-electron chi connectivity index (χ0n) is 21.4. The lowest BCUT2D eigenvalue weighted by Crippen LogP contribution is -2.27. The molecular formula is C28H32N6O4. The van der Waals surface area contributed by atoms with Crippen LogP contribution in [0.25, 0.3) is 11.0 Å². The van der Waals surface area contributed by atoms with Crippen molar-refractivity contribution in [3.05, 3.63) is 53.6 Å². The first-order valence-corrected chi connectivity index (χ1v) is 12.9. The fourth-order valence-electron chi connectivity index (χ4n) is 4.76. The Morgan fingerprint density at radius 1 is 1.16 bits per heavy atom. The molecule has 1 aliphatic rings. The molecule has 3 amide bonds. The number of benzene rings is 2. The Balaban J connectivity index is 1.59. The third-order valence-corrected chi connectivity index (χ3v) is 6.93. The van der Waals surface area contributed by atoms with Gasteiger partial charge in [-0.3, -0.25) is 19.7 Å². The van der Waals surface area contributed by atoms with E-state index in [2.05, 4.69) is 15.6 Å². The lowest BCUT2D eigenvalue weighted by Gasteiger charge is -2.19. The van der Waals surface area contributed by atoms with Gasteiger partial charge in [0.15, 0.2) is 0 Å². The molecule has 1 aromatic heterocycles. The molecule has 1 aliphatic carbocycles. The Bertz CT molecular complexity index is 1350. The summed E-state index contributed by atoms with van der Waals surface area (Å²) >= 11 is 0. The second-order valence-electron chi connectivity index (χ2n) is 9.53. The number of aliphatic hydroxyl groups excluding tert-OH is 1. The maximum atomic E-state index is 12.9. The summed E-state index contributed by atoms with van der Waals surface area (Å²) in [5.41, 5.74) is 2.79. The highest BCUT2D eigenvalue weighted by atomic mass is 16.3. The van der Waals surface area contributed by atoms with Crippen molar-refractivity contribution in [1.82, 2.24) is 14.9 Å². The van der Waals surface area contributed by atoms with Crippen LogP contribution in [0.15, 0.2) is 42.5 Å². The number of nitrogens with one attached hydrogen (secondary N) is 2. The van der Waals surface area contributed by atoms with Crippen LogP contribution in [-0.2, 0) is 16.1 Å². The molecule has 1 fully saturated rings. The molecule has 0 unspecified atom stereocenters. The summed E-state index contributed by atoms with van der Waals surface area (Å²) in [7, 11) is 1.76. The van der Waals surface area contributed by atoms with E-state index in [0.717, 1.165) is 12.8 Å². The number of carbonyl (C=O) groups is 3. The van der Waals surface area contributed by atoms with Gasteiger partial charge in [-0.15, -0.1) is 0 Å². The topological polar surface area (TPSA) is 140 Å². The monoisotopic (exact) mass is 516 g/mol. The van der Waals surface area contributed by atoms with Crippen LogP contribution in [0.2, 0.25) is 0 Å². The van der Waals surface area contributed by atoms with Gasteiger partial charge in [0, 0.05) is 44.2 Å². The molecule has 0 saturated heterocycles. The number of aromatic nitrogens is 2. The minimum absolute atomic E-state index is 0.0607. The first-order chi connectivity index (χ1) is 18.4. The van der Waals surface area contributed by atoms with E-state index in [0.29, 0.717) is 40.2 Å². The van der Waals surface area contributed by atoms with E-state index in [1.807, 2.05) is 24.3 Å². The van der Waals surface area contributed by atoms with Gasteiger partial charge in [-0.25, -0.2) is 4.98 Å². The van der Waals surface area contributed by atoms with Crippen molar-refractivity contribution in [3.8, 4) is 6.07 Å². The average molecular weight is 517 g/mol. The van der Waals surface area contributed by atoms with Crippen LogP contribution in [0, 0.1) is 17.2 Å². The van der Waals surface area contributed by atoms with E-state index in [1.165, 1.54) is 12.8 Å². The van der Waals surface area contributed by atoms with E-state index in [-0.39, 0.29) is 43.9 Å². The summed E-state index contributed by atoms with van der Waals surface area (Å²) in [4.78, 5) is 44.3. The number of aliphatic hydroxyl groups is 1. The number of anilines is 2. The molecule has 4 rings (SSSR count). The van der Waals surface area contributed by atoms with Crippen LogP contribution in [0.5, 0.6) is 0 Å². The van der Waals surface area contributed by atoms with E-state index >= 15 is 0 Å². The molecule has 3 aromatic rings. The molecule has 0 bridgehead atoms. The maximum Gasteiger partial charge on any atom is 0.257 e. The molecule has 10 heteroatoms. The Morgan fingerprint density at radius 3 is 2.58 bits per heavy atom. The second-order valence-corrected chi connectivity index (χ2v) is 9.53. The molecule has 0 aliphatic heterocycles. The van der Waals surface area contributed by atoms with Gasteiger partial charge in [-0.05, 0) is 61.2 Å². The number of hydrogen-bond donors (Lipinski definition) is 3. The van der Waals surface area contributed by atoms with Gasteiger partial charge < -0.3 is 19.9 Å². The van der Waals surface area contributed by atoms with Gasteiger partial charge in [0.2, 0.25) is 17.8 Å². The van der Waals surface area contributed by atoms with Crippen molar-refractivity contribution in [3.63, 3.8) is 0 Å². The number of nitrogens with zero attached hydrogens (tertiary/aromatic N) is 4. The van der Waals surface area contributed by atoms with Gasteiger partial charge in [-0.1, -0.05) is 12.8 Å². The number of nitriles is 1. The molecule has 3 N–H and O–H groups in total. The van der Waals surface area contributed by atoms with Crippen molar-refractivity contribution >= 4 is 40.4 Å². The molecule has 1 saturated carbocycles. The molecule has 0 radical (unpaired) electrons. The predicted octanol–water partition coefficient (Wildman–Crippen LogP) is 3.20. The van der Waals surface area contributed by atoms with Crippen molar-refractivity contribution in [2.24, 2.45) is 5.92 Å². The number of rotatable bonds is 10. The molecule has 198 valence electrons. The summed E-state index contributed by atoms with van der Waals surface area (Å²) in [5.74, 6) is 0.125. The Labute approximate surface area is 221 Å². The highest BCUT2D eigenvalue weighted by molar-refractivity contribution is 6.04. The Kier molecular flexibility index (Phi) is 8.71. The lowest BCUT2D eigenvalue weighted by molar-refractivity contribution is -0.121. The second kappa shape index (κ2) is 12.3. The SMILES string of the molecule is CN(C(=O)CC1CCCC1)c1ccc2c(c1)nc(NC(=O)c1ccc(C#N)cc1)n2CCC(=O)NCCO. The Hall–Kier alpha value is -4.23. The third-order valence-electron chi connectivity index (χ3n) is 6.93. The number of hydrogen-bond acceptors (Lipinski definition) is 6. The molecule has 2 aromatic carbocycles. The number of fused-ring (bicyclic) bond motifs is 1. The quantitative estimate of drug-likeness (QED) is 0.378. The molecule has 0 spiro atoms. The zero-order chi connectivity index (χ0) is 27.1. The van der Waals surface area contributed by atoms with Crippen LogP contribution in [0.3, 0.4) is 0 Å². The highest BCUT2D eigenvalue weighted by Gasteiger charge is 2.22. The number of carbonyl (C=O) groups excluding carboxylic acids is 3. The van der Waals surface area contributed by atoms with Gasteiger partial charge in [0.05, 0.1) is 29.3 Å². The smallest absolute Gasteiger partial charge is 0.257 e. The van der Waals surface area contributed by atoms with Crippen LogP contribution >= 0.6 is 0 Å². The largest absolute Gasteiger partial charge is 0.395 e. The first kappa shape index (κ1) is 26.8. The number of aryl methyl sites for hydroxylation is 1. The normalized spacial score (nSPS) is 13.3. The van der Waals surface area contributed by atoms with Crippen molar-refractivity contribution in [2.75, 3.05) is 30.4 Å². The van der Waals surface area contributed by atoms with Crippen molar-refractivity contribution < 1.29 is 19.5 Å². The predicted molar refractivity (Wildman–Crippen MR) is 144 cm³/mol. The summed E-state index contributed by atoms with van der Waals surface area (Å²) in [6.07, 6.45) is 5.19. The van der Waals surface area contributed by atoms with Crippen LogP contribution in [-0.4, -0.2) is 52.6 Å². The Morgan fingerprint density at radius 2 is 1.89 bits per heavy atom. The summed E-state index contributed by atoms with van der Waals surface area (Å²) < 4.78 is 1.75. The molecule has 0 atom stereocenters. The molecule has 1 heterocycles. The molecule has 38 heavy (non-hydrogen) atoms. The summed E-state index contributed by atoms with van der Waals surface area (Å²) in [5, 5.41) is 23.4. The summed E-state index contributed by atoms with van der Waals surface area (Å²) in [6.45, 7) is 0.254. The van der Waals surface area contributed by atoms with Crippen LogP contribution < -0.4 is 15.5 Å². The first-order valence-electron chi connectivity index (χ1n) is 12.9. The van der Waals surface area contributed by atoms with Crippen LogP contribution in [0.1, 0.15) is 54.4 Å². The standard InChI is InChI=1S/C28H32N6O4/c1-33(26(37)16-19-4-2-3-5-19)22-10-11-24-23(17-22)31-28(34(24)14-12-25(36)30-13-15-35)32-27(38)21-8-6-20(18-29)7-9-21/h6-11,17,19,35H,2-5,12-16H2,1H3,(H,30,36)(H,31,32,38). The molecular weight excluding hydrogens is 484 g/mol. The average Bonchev–Trinajstić information content (AvgIpc) is 3.57. The minimum atomic E-state index is -0.403. The minimum Gasteiger partial charge on any atom is -0.395 e. The van der Waals surface area contributed by atoms with Gasteiger partial charge >= 0.3 is 0 Å².